The first-order chi connectivity index (χ1) is 12.7. The molecule has 144 valence electrons. The number of aliphatic hydroxyl groups excluding tert-OH is 2. The van der Waals surface area contributed by atoms with E-state index in [1.54, 1.807) is 0 Å². The normalized spacial score (nSPS) is 25.7. The first-order valence-electron chi connectivity index (χ1n) is 9.14. The van der Waals surface area contributed by atoms with Crippen LogP contribution in [0.4, 0.5) is 0 Å². The minimum Gasteiger partial charge on any atom is -0.461 e. The molecule has 2 N–H and O–H groups in total. The van der Waals surface area contributed by atoms with Gasteiger partial charge in [-0.2, -0.15) is 0 Å². The Labute approximate surface area is 157 Å². The Kier molecular flexibility index (Phi) is 9.27. The van der Waals surface area contributed by atoms with Gasteiger partial charge in [-0.1, -0.05) is 42.5 Å². The van der Waals surface area contributed by atoms with Crippen molar-refractivity contribution in [2.24, 2.45) is 11.8 Å². The number of ether oxygens (including phenoxy) is 1. The Balaban J connectivity index is 1.61. The highest BCUT2D eigenvalue weighted by atomic mass is 31.0. The third-order valence-corrected chi connectivity index (χ3v) is 5.30. The van der Waals surface area contributed by atoms with Crippen molar-refractivity contribution in [3.8, 4) is 0 Å². The van der Waals surface area contributed by atoms with E-state index in [4.69, 9.17) is 9.26 Å². The van der Waals surface area contributed by atoms with Crippen molar-refractivity contribution in [1.29, 1.82) is 0 Å². The minimum atomic E-state index is -0.449. The third kappa shape index (κ3) is 6.48. The summed E-state index contributed by atoms with van der Waals surface area (Å²) in [6.07, 6.45) is 6.67. The Hall–Kier alpha value is -1.26. The van der Waals surface area contributed by atoms with Gasteiger partial charge in [0.05, 0.1) is 12.2 Å². The second-order valence-electron chi connectivity index (χ2n) is 6.73. The molecule has 1 aliphatic rings. The number of carbonyl (C=O) groups is 1. The van der Waals surface area contributed by atoms with Crippen molar-refractivity contribution in [2.45, 2.75) is 50.9 Å². The molecule has 0 spiro atoms. The van der Waals surface area contributed by atoms with Gasteiger partial charge in [0.1, 0.15) is 6.61 Å². The van der Waals surface area contributed by atoms with Crippen LogP contribution < -0.4 is 0 Å². The van der Waals surface area contributed by atoms with E-state index in [2.05, 4.69) is 9.47 Å². The standard InChI is InChI=1S/C20H29O5P/c21-13-17-16(18(22)12-19(17)25-26)10-6-1-2-7-11-20(23)24-14-15-8-4-3-5-9-15/h1,3-6,8-9,16-19,21-22H,2,7,10-14,26H2/b6-1-/t16-,17-,18+,19-/m1/s1. The van der Waals surface area contributed by atoms with Crippen LogP contribution in [-0.4, -0.2) is 35.0 Å². The van der Waals surface area contributed by atoms with E-state index in [9.17, 15) is 15.0 Å². The summed E-state index contributed by atoms with van der Waals surface area (Å²) < 4.78 is 10.5. The fraction of sp³-hybridized carbons (Fsp3) is 0.550. The number of allylic oxidation sites excluding steroid dienone is 2. The first kappa shape index (κ1) is 21.0. The van der Waals surface area contributed by atoms with Crippen molar-refractivity contribution in [2.75, 3.05) is 6.61 Å². The lowest BCUT2D eigenvalue weighted by molar-refractivity contribution is -0.145. The lowest BCUT2D eigenvalue weighted by Crippen LogP contribution is -2.25. The molecule has 0 amide bonds. The Morgan fingerprint density at radius 1 is 1.23 bits per heavy atom. The van der Waals surface area contributed by atoms with Crippen LogP contribution in [0, 0.1) is 11.8 Å². The second-order valence-corrected chi connectivity index (χ2v) is 7.01. The van der Waals surface area contributed by atoms with Crippen molar-refractivity contribution in [3.63, 3.8) is 0 Å². The molecule has 26 heavy (non-hydrogen) atoms. The molecule has 1 saturated carbocycles. The molecule has 5 nitrogen and oxygen atoms in total. The zero-order valence-electron chi connectivity index (χ0n) is 15.0. The van der Waals surface area contributed by atoms with E-state index in [1.165, 1.54) is 0 Å². The number of hydrogen-bond donors (Lipinski definition) is 2. The number of benzene rings is 1. The lowest BCUT2D eigenvalue weighted by atomic mass is 9.91. The van der Waals surface area contributed by atoms with E-state index < -0.39 is 6.10 Å². The monoisotopic (exact) mass is 380 g/mol. The van der Waals surface area contributed by atoms with Gasteiger partial charge in [0.2, 0.25) is 0 Å². The van der Waals surface area contributed by atoms with Crippen molar-refractivity contribution < 1.29 is 24.3 Å². The molecule has 6 heteroatoms. The number of aliphatic hydroxyl groups is 2. The smallest absolute Gasteiger partial charge is 0.306 e. The molecule has 0 bridgehead atoms. The van der Waals surface area contributed by atoms with Crippen LogP contribution in [0.25, 0.3) is 0 Å². The van der Waals surface area contributed by atoms with E-state index in [0.29, 0.717) is 25.9 Å². The quantitative estimate of drug-likeness (QED) is 0.282. The van der Waals surface area contributed by atoms with Crippen LogP contribution in [0.15, 0.2) is 42.5 Å². The van der Waals surface area contributed by atoms with Crippen LogP contribution in [-0.2, 0) is 20.7 Å². The van der Waals surface area contributed by atoms with Gasteiger partial charge in [0.25, 0.3) is 0 Å². The molecule has 1 aromatic carbocycles. The Morgan fingerprint density at radius 3 is 2.69 bits per heavy atom. The largest absolute Gasteiger partial charge is 0.461 e. The molecule has 0 heterocycles. The fourth-order valence-electron chi connectivity index (χ4n) is 3.44. The van der Waals surface area contributed by atoms with E-state index in [1.807, 2.05) is 42.5 Å². The van der Waals surface area contributed by atoms with Crippen LogP contribution in [0.2, 0.25) is 0 Å². The lowest BCUT2D eigenvalue weighted by Gasteiger charge is -2.21. The van der Waals surface area contributed by atoms with Crippen LogP contribution >= 0.6 is 9.47 Å². The molecule has 1 fully saturated rings. The van der Waals surface area contributed by atoms with E-state index in [0.717, 1.165) is 18.4 Å². The van der Waals surface area contributed by atoms with Crippen molar-refractivity contribution in [1.82, 2.24) is 0 Å². The predicted octanol–water partition coefficient (Wildman–Crippen LogP) is 3.01. The molecule has 1 aliphatic carbocycles. The van der Waals surface area contributed by atoms with E-state index in [-0.39, 0.29) is 30.5 Å². The molecule has 5 atom stereocenters. The van der Waals surface area contributed by atoms with Gasteiger partial charge in [-0.15, -0.1) is 0 Å². The summed E-state index contributed by atoms with van der Waals surface area (Å²) in [4.78, 5) is 11.7. The number of carbonyl (C=O) groups excluding carboxylic acids is 1. The van der Waals surface area contributed by atoms with E-state index >= 15 is 0 Å². The van der Waals surface area contributed by atoms with Crippen LogP contribution in [0.3, 0.4) is 0 Å². The summed E-state index contributed by atoms with van der Waals surface area (Å²) in [5.41, 5.74) is 0.988. The molecular formula is C20H29O5P. The van der Waals surface area contributed by atoms with Gasteiger partial charge >= 0.3 is 5.97 Å². The number of unbranched alkanes of at least 4 members (excludes halogenated alkanes) is 1. The van der Waals surface area contributed by atoms with Gasteiger partial charge in [0.15, 0.2) is 0 Å². The third-order valence-electron chi connectivity index (χ3n) is 4.95. The maximum Gasteiger partial charge on any atom is 0.306 e. The summed E-state index contributed by atoms with van der Waals surface area (Å²) in [5, 5.41) is 19.6. The van der Waals surface area contributed by atoms with Crippen LogP contribution in [0.5, 0.6) is 0 Å². The highest BCUT2D eigenvalue weighted by Crippen LogP contribution is 2.37. The van der Waals surface area contributed by atoms with Crippen molar-refractivity contribution >= 4 is 15.4 Å². The zero-order chi connectivity index (χ0) is 18.8. The van der Waals surface area contributed by atoms with Crippen LogP contribution in [0.1, 0.15) is 37.7 Å². The fourth-order valence-corrected chi connectivity index (χ4v) is 3.75. The SMILES string of the molecule is O=C(CCC/C=C\C[C@@H]1[C@@H](CO)[C@H](OP)C[C@@H]1O)OCc1ccccc1. The maximum absolute atomic E-state index is 11.7. The number of hydrogen-bond acceptors (Lipinski definition) is 5. The molecule has 0 aliphatic heterocycles. The summed E-state index contributed by atoms with van der Waals surface area (Å²) in [6.45, 7) is 0.332. The molecule has 0 aromatic heterocycles. The Bertz CT molecular complexity index is 563. The molecule has 0 radical (unpaired) electrons. The van der Waals surface area contributed by atoms with Gasteiger partial charge in [0, 0.05) is 34.8 Å². The topological polar surface area (TPSA) is 76.0 Å². The van der Waals surface area contributed by atoms with Gasteiger partial charge in [-0.3, -0.25) is 4.79 Å². The number of esters is 1. The zero-order valence-corrected chi connectivity index (χ0v) is 16.2. The Morgan fingerprint density at radius 2 is 2.00 bits per heavy atom. The molecular weight excluding hydrogens is 351 g/mol. The molecule has 2 rings (SSSR count). The predicted molar refractivity (Wildman–Crippen MR) is 103 cm³/mol. The summed E-state index contributed by atoms with van der Waals surface area (Å²) in [5.74, 6) is -0.216. The highest BCUT2D eigenvalue weighted by Gasteiger charge is 2.41. The molecule has 1 unspecified atom stereocenters. The second kappa shape index (κ2) is 11.5. The summed E-state index contributed by atoms with van der Waals surface area (Å²) in [6, 6.07) is 9.63. The minimum absolute atomic E-state index is 0.0117. The average molecular weight is 380 g/mol. The first-order valence-corrected chi connectivity index (χ1v) is 9.61. The molecule has 0 saturated heterocycles. The maximum atomic E-state index is 11.7. The molecule has 1 aromatic rings. The van der Waals surface area contributed by atoms with Crippen molar-refractivity contribution in [3.05, 3.63) is 48.0 Å². The van der Waals surface area contributed by atoms with Gasteiger partial charge in [-0.25, -0.2) is 0 Å². The van der Waals surface area contributed by atoms with Gasteiger partial charge in [-0.05, 0) is 30.7 Å². The van der Waals surface area contributed by atoms with Gasteiger partial charge < -0.3 is 19.5 Å². The summed E-state index contributed by atoms with van der Waals surface area (Å²) in [7, 11) is 2.22. The summed E-state index contributed by atoms with van der Waals surface area (Å²) >= 11 is 0. The average Bonchev–Trinajstić information content (AvgIpc) is 2.98. The highest BCUT2D eigenvalue weighted by molar-refractivity contribution is 7.09. The number of rotatable bonds is 10.